The van der Waals surface area contributed by atoms with Gasteiger partial charge in [0.2, 0.25) is 0 Å². The average molecular weight is 251 g/mol. The monoisotopic (exact) mass is 251 g/mol. The van der Waals surface area contributed by atoms with Gasteiger partial charge >= 0.3 is 0 Å². The first-order valence-electron chi connectivity index (χ1n) is 4.94. The summed E-state index contributed by atoms with van der Waals surface area (Å²) in [6, 6.07) is 9.55. The molecule has 2 aromatic rings. The molecule has 16 heavy (non-hydrogen) atoms. The molecule has 0 aliphatic carbocycles. The fourth-order valence-electron chi connectivity index (χ4n) is 1.48. The van der Waals surface area contributed by atoms with Gasteiger partial charge in [0, 0.05) is 15.5 Å². The van der Waals surface area contributed by atoms with E-state index >= 15 is 0 Å². The highest BCUT2D eigenvalue weighted by atomic mass is 32.2. The molecule has 1 heterocycles. The molecule has 1 atom stereocenters. The molecule has 1 aromatic carbocycles. The summed E-state index contributed by atoms with van der Waals surface area (Å²) in [7, 11) is -1.00. The first-order valence-corrected chi connectivity index (χ1v) is 7.14. The summed E-state index contributed by atoms with van der Waals surface area (Å²) in [4.78, 5) is 1.98. The molecule has 2 N–H and O–H groups in total. The average Bonchev–Trinajstić information content (AvgIpc) is 2.74. The number of nitrogens with two attached hydrogens (primary N) is 1. The van der Waals surface area contributed by atoms with Crippen LogP contribution in [0.4, 0.5) is 5.69 Å². The zero-order chi connectivity index (χ0) is 11.5. The molecule has 0 bridgehead atoms. The van der Waals surface area contributed by atoms with Crippen LogP contribution in [0, 0.1) is 6.92 Å². The normalized spacial score (nSPS) is 12.6. The molecular formula is C12H13NOS2. The molecule has 4 heteroatoms. The van der Waals surface area contributed by atoms with Crippen molar-refractivity contribution in [1.29, 1.82) is 0 Å². The van der Waals surface area contributed by atoms with Gasteiger partial charge in [0.1, 0.15) is 0 Å². The number of nitrogen functional groups attached to an aromatic ring is 1. The maximum Gasteiger partial charge on any atom is 0.0626 e. The maximum atomic E-state index is 12.1. The summed E-state index contributed by atoms with van der Waals surface area (Å²) >= 11 is 1.63. The van der Waals surface area contributed by atoms with E-state index in [1.165, 1.54) is 0 Å². The molecule has 2 nitrogen and oxygen atoms in total. The van der Waals surface area contributed by atoms with E-state index in [1.54, 1.807) is 11.3 Å². The summed E-state index contributed by atoms with van der Waals surface area (Å²) in [6.07, 6.45) is 0. The van der Waals surface area contributed by atoms with E-state index in [4.69, 9.17) is 5.73 Å². The van der Waals surface area contributed by atoms with Crippen molar-refractivity contribution in [2.75, 3.05) is 5.73 Å². The third kappa shape index (κ3) is 2.33. The minimum absolute atomic E-state index is 0.571. The molecule has 0 fully saturated rings. The van der Waals surface area contributed by atoms with Crippen LogP contribution < -0.4 is 5.73 Å². The Labute approximate surface area is 102 Å². The SMILES string of the molecule is Cc1c(N)cccc1S(=O)Cc1cccs1. The first-order chi connectivity index (χ1) is 7.68. The lowest BCUT2D eigenvalue weighted by atomic mass is 10.2. The van der Waals surface area contributed by atoms with Gasteiger partial charge in [-0.3, -0.25) is 4.21 Å². The summed E-state index contributed by atoms with van der Waals surface area (Å²) in [6.45, 7) is 1.91. The molecule has 0 amide bonds. The van der Waals surface area contributed by atoms with Crippen LogP contribution in [0.15, 0.2) is 40.6 Å². The zero-order valence-corrected chi connectivity index (χ0v) is 10.6. The number of anilines is 1. The molecule has 2 rings (SSSR count). The molecule has 0 saturated heterocycles. The van der Waals surface area contributed by atoms with Gasteiger partial charge in [0.25, 0.3) is 0 Å². The van der Waals surface area contributed by atoms with Crippen molar-refractivity contribution >= 4 is 27.8 Å². The highest BCUT2D eigenvalue weighted by molar-refractivity contribution is 7.84. The largest absolute Gasteiger partial charge is 0.398 e. The summed E-state index contributed by atoms with van der Waals surface area (Å²) in [5.41, 5.74) is 7.43. The Morgan fingerprint density at radius 1 is 1.31 bits per heavy atom. The molecule has 0 radical (unpaired) electrons. The number of hydrogen-bond donors (Lipinski definition) is 1. The van der Waals surface area contributed by atoms with Crippen LogP contribution in [-0.4, -0.2) is 4.21 Å². The Bertz CT molecular complexity index is 506. The van der Waals surface area contributed by atoms with Crippen molar-refractivity contribution in [3.63, 3.8) is 0 Å². The highest BCUT2D eigenvalue weighted by Crippen LogP contribution is 2.22. The van der Waals surface area contributed by atoms with Crippen LogP contribution in [0.5, 0.6) is 0 Å². The van der Waals surface area contributed by atoms with Crippen LogP contribution >= 0.6 is 11.3 Å². The second kappa shape index (κ2) is 4.80. The van der Waals surface area contributed by atoms with Crippen molar-refractivity contribution in [1.82, 2.24) is 0 Å². The number of rotatable bonds is 3. The number of thiophene rings is 1. The molecule has 0 aliphatic heterocycles. The number of benzene rings is 1. The fourth-order valence-corrected chi connectivity index (χ4v) is 3.76. The van der Waals surface area contributed by atoms with Crippen LogP contribution in [0.1, 0.15) is 10.4 Å². The lowest BCUT2D eigenvalue weighted by Crippen LogP contribution is -2.00. The summed E-state index contributed by atoms with van der Waals surface area (Å²) < 4.78 is 12.1. The van der Waals surface area contributed by atoms with Crippen LogP contribution in [0.25, 0.3) is 0 Å². The zero-order valence-electron chi connectivity index (χ0n) is 8.97. The fraction of sp³-hybridized carbons (Fsp3) is 0.167. The summed E-state index contributed by atoms with van der Waals surface area (Å²) in [5, 5.41) is 2.00. The Hall–Kier alpha value is -1.13. The van der Waals surface area contributed by atoms with Gasteiger partial charge in [-0.1, -0.05) is 12.1 Å². The third-order valence-electron chi connectivity index (χ3n) is 2.42. The Kier molecular flexibility index (Phi) is 3.41. The van der Waals surface area contributed by atoms with Crippen molar-refractivity contribution in [3.05, 3.63) is 46.2 Å². The quantitative estimate of drug-likeness (QED) is 0.852. The van der Waals surface area contributed by atoms with E-state index in [9.17, 15) is 4.21 Å². The predicted octanol–water partition coefficient (Wildman–Crippen LogP) is 2.95. The van der Waals surface area contributed by atoms with E-state index in [-0.39, 0.29) is 0 Å². The van der Waals surface area contributed by atoms with Crippen molar-refractivity contribution in [3.8, 4) is 0 Å². The van der Waals surface area contributed by atoms with Crippen molar-refractivity contribution < 1.29 is 4.21 Å². The molecule has 0 saturated carbocycles. The smallest absolute Gasteiger partial charge is 0.0626 e. The van der Waals surface area contributed by atoms with Gasteiger partial charge in [0.05, 0.1) is 16.6 Å². The molecule has 1 aromatic heterocycles. The second-order valence-electron chi connectivity index (χ2n) is 3.54. The standard InChI is InChI=1S/C12H13NOS2/c1-9-11(13)5-2-6-12(9)16(14)8-10-4-3-7-15-10/h2-7H,8,13H2,1H3. The van der Waals surface area contributed by atoms with Gasteiger partial charge in [-0.2, -0.15) is 0 Å². The molecule has 1 unspecified atom stereocenters. The lowest BCUT2D eigenvalue weighted by Gasteiger charge is -2.07. The van der Waals surface area contributed by atoms with Gasteiger partial charge in [-0.05, 0) is 36.1 Å². The minimum atomic E-state index is -1.00. The topological polar surface area (TPSA) is 43.1 Å². The van der Waals surface area contributed by atoms with E-state index in [0.717, 1.165) is 15.3 Å². The van der Waals surface area contributed by atoms with Gasteiger partial charge in [-0.25, -0.2) is 0 Å². The van der Waals surface area contributed by atoms with E-state index in [0.29, 0.717) is 11.4 Å². The van der Waals surface area contributed by atoms with Gasteiger partial charge < -0.3 is 5.73 Å². The third-order valence-corrected chi connectivity index (χ3v) is 4.99. The Balaban J connectivity index is 2.24. The lowest BCUT2D eigenvalue weighted by molar-refractivity contribution is 0.682. The first kappa shape index (κ1) is 11.4. The summed E-state index contributed by atoms with van der Waals surface area (Å²) in [5.74, 6) is 0.571. The van der Waals surface area contributed by atoms with Crippen molar-refractivity contribution in [2.24, 2.45) is 0 Å². The van der Waals surface area contributed by atoms with E-state index < -0.39 is 10.8 Å². The maximum absolute atomic E-state index is 12.1. The Morgan fingerprint density at radius 2 is 2.12 bits per heavy atom. The van der Waals surface area contributed by atoms with Crippen molar-refractivity contribution in [2.45, 2.75) is 17.6 Å². The van der Waals surface area contributed by atoms with E-state index in [1.807, 2.05) is 42.6 Å². The van der Waals surface area contributed by atoms with Crippen LogP contribution in [0.3, 0.4) is 0 Å². The van der Waals surface area contributed by atoms with Crippen LogP contribution in [-0.2, 0) is 16.6 Å². The van der Waals surface area contributed by atoms with E-state index in [2.05, 4.69) is 0 Å². The Morgan fingerprint density at radius 3 is 2.81 bits per heavy atom. The minimum Gasteiger partial charge on any atom is -0.398 e. The van der Waals surface area contributed by atoms with Crippen LogP contribution in [0.2, 0.25) is 0 Å². The molecule has 0 spiro atoms. The molecule has 84 valence electrons. The van der Waals surface area contributed by atoms with Gasteiger partial charge in [0.15, 0.2) is 0 Å². The number of hydrogen-bond acceptors (Lipinski definition) is 3. The molecular weight excluding hydrogens is 238 g/mol. The second-order valence-corrected chi connectivity index (χ2v) is 5.99. The van der Waals surface area contributed by atoms with Gasteiger partial charge in [-0.15, -0.1) is 11.3 Å². The highest BCUT2D eigenvalue weighted by Gasteiger charge is 2.10. The predicted molar refractivity (Wildman–Crippen MR) is 70.0 cm³/mol. The molecule has 0 aliphatic rings.